The molecule has 94 valence electrons. The number of thioether (sulfide) groups is 1. The summed E-state index contributed by atoms with van der Waals surface area (Å²) >= 11 is 1.20. The molecular weight excluding hydrogens is 279 g/mol. The van der Waals surface area contributed by atoms with Crippen LogP contribution in [0.5, 0.6) is 5.88 Å². The van der Waals surface area contributed by atoms with Crippen LogP contribution >= 0.6 is 11.8 Å². The van der Waals surface area contributed by atoms with Crippen molar-refractivity contribution in [1.29, 1.82) is 0 Å². The third-order valence-corrected chi connectivity index (χ3v) is 2.08. The van der Waals surface area contributed by atoms with E-state index in [2.05, 4.69) is 20.3 Å². The van der Waals surface area contributed by atoms with Gasteiger partial charge in [0.05, 0.1) is 11.0 Å². The molecule has 0 aromatic carbocycles. The van der Waals surface area contributed by atoms with Gasteiger partial charge in [0.15, 0.2) is 0 Å². The Kier molecular flexibility index (Phi) is 7.93. The summed E-state index contributed by atoms with van der Waals surface area (Å²) in [6.45, 7) is 0. The molecule has 2 aromatic rings. The predicted octanol–water partition coefficient (Wildman–Crippen LogP) is -5.42. The Balaban J connectivity index is 0. The first-order valence-corrected chi connectivity index (χ1v) is 4.85. The van der Waals surface area contributed by atoms with Gasteiger partial charge in [-0.1, -0.05) is 11.8 Å². The van der Waals surface area contributed by atoms with Gasteiger partial charge in [0.25, 0.3) is 5.78 Å². The summed E-state index contributed by atoms with van der Waals surface area (Å²) in [5, 5.41) is 32.4. The van der Waals surface area contributed by atoms with E-state index in [0.29, 0.717) is 5.16 Å². The Hall–Kier alpha value is -1.05. The standard InChI is InChI=1S/C5H4N6O3S.Na.2H2O/c1-15-5-6-4-8-7-2(11(13)14)3(12)10(4)9-5;;;/h12H,1H3;;2*1H2/q;+1;;/p-1. The maximum atomic E-state index is 11.4. The van der Waals surface area contributed by atoms with Crippen molar-refractivity contribution < 1.29 is 50.5 Å². The Morgan fingerprint density at radius 3 is 2.44 bits per heavy atom. The zero-order valence-corrected chi connectivity index (χ0v) is 12.1. The predicted molar refractivity (Wildman–Crippen MR) is 53.7 cm³/mol. The molecular formula is C5H7N6NaO5S. The quantitative estimate of drug-likeness (QED) is 0.226. The van der Waals surface area contributed by atoms with Crippen molar-refractivity contribution in [2.45, 2.75) is 5.16 Å². The van der Waals surface area contributed by atoms with Gasteiger partial charge in [-0.05, 0) is 11.2 Å². The van der Waals surface area contributed by atoms with Crippen molar-refractivity contribution in [3.8, 4) is 5.88 Å². The van der Waals surface area contributed by atoms with Gasteiger partial charge in [-0.15, -0.1) is 5.10 Å². The number of nitro groups is 1. The molecule has 0 saturated carbocycles. The fourth-order valence-corrected chi connectivity index (χ4v) is 1.25. The zero-order valence-electron chi connectivity index (χ0n) is 9.32. The fraction of sp³-hybridized carbons (Fsp3) is 0.200. The minimum atomic E-state index is -0.933. The SMILES string of the molecule is CSc1nc2nnc([N+](=O)[O-])c([O-])n2n1.O.O.[Na+]. The number of fused-ring (bicyclic) bond motifs is 1. The molecule has 0 saturated heterocycles. The number of aromatic nitrogens is 5. The zero-order chi connectivity index (χ0) is 11.0. The second-order valence-corrected chi connectivity index (χ2v) is 3.17. The van der Waals surface area contributed by atoms with E-state index in [0.717, 1.165) is 4.52 Å². The average molecular weight is 286 g/mol. The van der Waals surface area contributed by atoms with Gasteiger partial charge in [-0.2, -0.15) is 9.50 Å². The van der Waals surface area contributed by atoms with E-state index in [-0.39, 0.29) is 46.3 Å². The second-order valence-electron chi connectivity index (χ2n) is 2.40. The summed E-state index contributed by atoms with van der Waals surface area (Å²) in [4.78, 5) is 13.3. The fourth-order valence-electron chi connectivity index (χ4n) is 0.917. The van der Waals surface area contributed by atoms with Gasteiger partial charge in [-0.25, -0.2) is 0 Å². The molecule has 0 amide bonds. The molecule has 2 heterocycles. The summed E-state index contributed by atoms with van der Waals surface area (Å²) in [5.41, 5.74) is 0. The first kappa shape index (κ1) is 19.3. The molecule has 0 fully saturated rings. The number of nitrogens with zero attached hydrogens (tertiary/aromatic N) is 6. The van der Waals surface area contributed by atoms with Crippen molar-refractivity contribution in [3.63, 3.8) is 0 Å². The van der Waals surface area contributed by atoms with E-state index in [4.69, 9.17) is 0 Å². The third-order valence-electron chi connectivity index (χ3n) is 1.54. The van der Waals surface area contributed by atoms with Gasteiger partial charge in [0.2, 0.25) is 5.16 Å². The van der Waals surface area contributed by atoms with Crippen molar-refractivity contribution >= 4 is 23.4 Å². The van der Waals surface area contributed by atoms with E-state index < -0.39 is 16.6 Å². The van der Waals surface area contributed by atoms with Crippen LogP contribution in [0.25, 0.3) is 5.78 Å². The van der Waals surface area contributed by atoms with Gasteiger partial charge in [0, 0.05) is 5.10 Å². The summed E-state index contributed by atoms with van der Waals surface area (Å²) in [6.07, 6.45) is 1.71. The molecule has 2 rings (SSSR count). The van der Waals surface area contributed by atoms with Crippen molar-refractivity contribution in [3.05, 3.63) is 10.1 Å². The molecule has 0 spiro atoms. The Bertz CT molecular complexity index is 548. The van der Waals surface area contributed by atoms with Crippen molar-refractivity contribution in [1.82, 2.24) is 24.8 Å². The molecule has 11 nitrogen and oxygen atoms in total. The van der Waals surface area contributed by atoms with E-state index in [1.54, 1.807) is 6.26 Å². The Morgan fingerprint density at radius 2 is 1.94 bits per heavy atom. The number of rotatable bonds is 2. The molecule has 0 radical (unpaired) electrons. The smallest absolute Gasteiger partial charge is 0.853 e. The molecule has 4 N–H and O–H groups in total. The van der Waals surface area contributed by atoms with Crippen LogP contribution in [0.4, 0.5) is 5.82 Å². The van der Waals surface area contributed by atoms with Gasteiger partial charge >= 0.3 is 35.4 Å². The van der Waals surface area contributed by atoms with Gasteiger partial charge in [-0.3, -0.25) is 0 Å². The summed E-state index contributed by atoms with van der Waals surface area (Å²) in [5.74, 6) is -1.84. The topological polar surface area (TPSA) is 185 Å². The Labute approximate surface area is 126 Å². The van der Waals surface area contributed by atoms with Crippen molar-refractivity contribution in [2.75, 3.05) is 6.26 Å². The maximum absolute atomic E-state index is 11.4. The van der Waals surface area contributed by atoms with Gasteiger partial charge in [0.1, 0.15) is 0 Å². The maximum Gasteiger partial charge on any atom is 1.00 e. The first-order chi connectivity index (χ1) is 7.13. The average Bonchev–Trinajstić information content (AvgIpc) is 2.61. The van der Waals surface area contributed by atoms with Crippen LogP contribution in [0.1, 0.15) is 0 Å². The minimum absolute atomic E-state index is 0. The van der Waals surface area contributed by atoms with E-state index in [1.165, 1.54) is 11.8 Å². The summed E-state index contributed by atoms with van der Waals surface area (Å²) in [6, 6.07) is 0. The Morgan fingerprint density at radius 1 is 1.33 bits per heavy atom. The minimum Gasteiger partial charge on any atom is -0.853 e. The monoisotopic (exact) mass is 286 g/mol. The van der Waals surface area contributed by atoms with Crippen molar-refractivity contribution in [2.24, 2.45) is 0 Å². The molecule has 0 aliphatic heterocycles. The van der Waals surface area contributed by atoms with Crippen LogP contribution in [-0.2, 0) is 0 Å². The first-order valence-electron chi connectivity index (χ1n) is 3.62. The van der Waals surface area contributed by atoms with Crippen LogP contribution in [-0.4, -0.2) is 46.9 Å². The normalized spacial score (nSPS) is 8.94. The van der Waals surface area contributed by atoms with E-state index in [9.17, 15) is 15.2 Å². The molecule has 0 bridgehead atoms. The molecule has 0 aliphatic rings. The molecule has 18 heavy (non-hydrogen) atoms. The second kappa shape index (κ2) is 7.40. The summed E-state index contributed by atoms with van der Waals surface area (Å²) in [7, 11) is 0. The van der Waals surface area contributed by atoms with Crippen LogP contribution in [0.2, 0.25) is 0 Å². The van der Waals surface area contributed by atoms with Crippen LogP contribution in [0.3, 0.4) is 0 Å². The number of hydrogen-bond donors (Lipinski definition) is 0. The van der Waals surface area contributed by atoms with Crippen LogP contribution in [0, 0.1) is 10.1 Å². The largest absolute Gasteiger partial charge is 1.00 e. The van der Waals surface area contributed by atoms with Crippen LogP contribution < -0.4 is 34.7 Å². The third kappa shape index (κ3) is 3.24. The molecule has 2 aromatic heterocycles. The number of hydrogen-bond acceptors (Lipinski definition) is 8. The van der Waals surface area contributed by atoms with Crippen LogP contribution in [0.15, 0.2) is 5.16 Å². The van der Waals surface area contributed by atoms with E-state index in [1.807, 2.05) is 0 Å². The molecule has 0 aliphatic carbocycles. The van der Waals surface area contributed by atoms with E-state index >= 15 is 0 Å². The molecule has 0 unspecified atom stereocenters. The molecule has 0 atom stereocenters. The summed E-state index contributed by atoms with van der Waals surface area (Å²) < 4.78 is 0.761. The van der Waals surface area contributed by atoms with Gasteiger partial charge < -0.3 is 26.2 Å². The molecule has 13 heteroatoms.